The molecule has 1 aliphatic heterocycles. The predicted octanol–water partition coefficient (Wildman–Crippen LogP) is 6.07. The van der Waals surface area contributed by atoms with Crippen LogP contribution in [0.1, 0.15) is 21.7 Å². The molecule has 0 saturated carbocycles. The topological polar surface area (TPSA) is 70.8 Å². The van der Waals surface area contributed by atoms with Crippen LogP contribution in [-0.4, -0.2) is 21.3 Å². The highest BCUT2D eigenvalue weighted by Gasteiger charge is 2.36. The fraction of sp³-hybridized carbons (Fsp3) is 0.0455. The summed E-state index contributed by atoms with van der Waals surface area (Å²) in [5.41, 5.74) is -0.442. The van der Waals surface area contributed by atoms with Crippen molar-refractivity contribution in [1.82, 2.24) is 0 Å². The molecule has 0 radical (unpaired) electrons. The summed E-state index contributed by atoms with van der Waals surface area (Å²) in [6, 6.07) is 13.8. The number of furan rings is 1. The van der Waals surface area contributed by atoms with Crippen LogP contribution >= 0.6 is 24.0 Å². The second kappa shape index (κ2) is 8.29. The molecule has 162 valence electrons. The van der Waals surface area contributed by atoms with Crippen molar-refractivity contribution in [2.24, 2.45) is 0 Å². The first-order chi connectivity index (χ1) is 15.1. The molecule has 32 heavy (non-hydrogen) atoms. The average Bonchev–Trinajstić information content (AvgIpc) is 3.32. The molecule has 1 saturated heterocycles. The Balaban J connectivity index is 1.63. The molecule has 0 bridgehead atoms. The summed E-state index contributed by atoms with van der Waals surface area (Å²) in [7, 11) is 0. The van der Waals surface area contributed by atoms with Crippen LogP contribution in [0.3, 0.4) is 0 Å². The van der Waals surface area contributed by atoms with Gasteiger partial charge in [-0.3, -0.25) is 9.69 Å². The summed E-state index contributed by atoms with van der Waals surface area (Å²) >= 11 is 6.14. The van der Waals surface area contributed by atoms with E-state index in [-0.39, 0.29) is 26.2 Å². The van der Waals surface area contributed by atoms with Crippen LogP contribution < -0.4 is 4.90 Å². The zero-order valence-electron chi connectivity index (χ0n) is 15.9. The zero-order valence-corrected chi connectivity index (χ0v) is 17.6. The first kappa shape index (κ1) is 21.8. The van der Waals surface area contributed by atoms with Crippen LogP contribution in [0.5, 0.6) is 0 Å². The molecule has 2 heterocycles. The highest BCUT2D eigenvalue weighted by Crippen LogP contribution is 2.39. The van der Waals surface area contributed by atoms with Crippen molar-refractivity contribution < 1.29 is 32.3 Å². The molecule has 4 rings (SSSR count). The van der Waals surface area contributed by atoms with Gasteiger partial charge < -0.3 is 9.52 Å². The Bertz CT molecular complexity index is 1280. The Kier molecular flexibility index (Phi) is 5.66. The summed E-state index contributed by atoms with van der Waals surface area (Å²) in [5, 5.41) is 9.34. The van der Waals surface area contributed by atoms with Crippen LogP contribution in [0.25, 0.3) is 17.4 Å². The van der Waals surface area contributed by atoms with Gasteiger partial charge in [-0.2, -0.15) is 13.2 Å². The third-order valence-electron chi connectivity index (χ3n) is 4.55. The van der Waals surface area contributed by atoms with Crippen LogP contribution in [0.15, 0.2) is 70.0 Å². The number of aromatic carboxylic acids is 1. The number of halogens is 3. The number of hydrogen-bond donors (Lipinski definition) is 1. The summed E-state index contributed by atoms with van der Waals surface area (Å²) in [6.45, 7) is 0. The average molecular weight is 475 g/mol. The predicted molar refractivity (Wildman–Crippen MR) is 118 cm³/mol. The number of thioether (sulfide) groups is 1. The van der Waals surface area contributed by atoms with Crippen LogP contribution in [0.4, 0.5) is 18.9 Å². The molecule has 5 nitrogen and oxygen atoms in total. The van der Waals surface area contributed by atoms with Crippen LogP contribution in [-0.2, 0) is 11.0 Å². The quantitative estimate of drug-likeness (QED) is 0.365. The van der Waals surface area contributed by atoms with Crippen molar-refractivity contribution >= 4 is 51.9 Å². The van der Waals surface area contributed by atoms with Gasteiger partial charge in [0.15, 0.2) is 4.32 Å². The summed E-state index contributed by atoms with van der Waals surface area (Å²) in [4.78, 5) is 25.5. The normalized spacial score (nSPS) is 15.6. The maximum Gasteiger partial charge on any atom is 0.416 e. The van der Waals surface area contributed by atoms with Crippen LogP contribution in [0, 0.1) is 0 Å². The van der Waals surface area contributed by atoms with E-state index >= 15 is 0 Å². The molecular formula is C22H12F3NO4S2. The number of rotatable bonds is 4. The lowest BCUT2D eigenvalue weighted by atomic mass is 10.1. The van der Waals surface area contributed by atoms with Gasteiger partial charge in [-0.1, -0.05) is 48.2 Å². The maximum absolute atomic E-state index is 13.0. The van der Waals surface area contributed by atoms with Gasteiger partial charge in [-0.25, -0.2) is 4.79 Å². The minimum atomic E-state index is -4.55. The Labute approximate surface area is 189 Å². The van der Waals surface area contributed by atoms with Gasteiger partial charge in [0.25, 0.3) is 5.91 Å². The van der Waals surface area contributed by atoms with E-state index in [1.54, 1.807) is 30.3 Å². The molecule has 0 spiro atoms. The Morgan fingerprint density at radius 1 is 1.09 bits per heavy atom. The third-order valence-corrected chi connectivity index (χ3v) is 5.85. The van der Waals surface area contributed by atoms with E-state index in [2.05, 4.69) is 0 Å². The highest BCUT2D eigenvalue weighted by atomic mass is 32.2. The lowest BCUT2D eigenvalue weighted by molar-refractivity contribution is -0.137. The number of benzene rings is 2. The fourth-order valence-electron chi connectivity index (χ4n) is 3.10. The lowest BCUT2D eigenvalue weighted by Gasteiger charge is -2.16. The minimum absolute atomic E-state index is 0.0150. The maximum atomic E-state index is 13.0. The SMILES string of the molecule is O=C(O)c1ccccc1-c1ccc(/C=C2/SC(=S)N(c3cccc(C(F)(F)F)c3)C2=O)o1. The summed E-state index contributed by atoms with van der Waals surface area (Å²) in [6.07, 6.45) is -3.14. The van der Waals surface area contributed by atoms with Gasteiger partial charge >= 0.3 is 12.1 Å². The summed E-state index contributed by atoms with van der Waals surface area (Å²) in [5.74, 6) is -1.13. The van der Waals surface area contributed by atoms with Crippen molar-refractivity contribution in [2.75, 3.05) is 4.90 Å². The van der Waals surface area contributed by atoms with Gasteiger partial charge in [0.1, 0.15) is 11.5 Å². The van der Waals surface area contributed by atoms with Gasteiger partial charge in [0, 0.05) is 11.6 Å². The molecule has 0 aliphatic carbocycles. The molecule has 1 aliphatic rings. The van der Waals surface area contributed by atoms with Crippen LogP contribution in [0.2, 0.25) is 0 Å². The van der Waals surface area contributed by atoms with Gasteiger partial charge in [-0.05, 0) is 36.4 Å². The number of carbonyl (C=O) groups is 2. The molecule has 1 amide bonds. The number of amides is 1. The van der Waals surface area contributed by atoms with Crippen molar-refractivity contribution in [1.29, 1.82) is 0 Å². The van der Waals surface area contributed by atoms with E-state index < -0.39 is 23.6 Å². The fourth-order valence-corrected chi connectivity index (χ4v) is 4.38. The van der Waals surface area contributed by atoms with Crippen molar-refractivity contribution in [3.63, 3.8) is 0 Å². The first-order valence-corrected chi connectivity index (χ1v) is 10.3. The van der Waals surface area contributed by atoms with E-state index in [1.165, 1.54) is 24.3 Å². The van der Waals surface area contributed by atoms with E-state index in [1.807, 2.05) is 0 Å². The smallest absolute Gasteiger partial charge is 0.416 e. The number of carbonyl (C=O) groups excluding carboxylic acids is 1. The highest BCUT2D eigenvalue weighted by molar-refractivity contribution is 8.27. The van der Waals surface area contributed by atoms with Gasteiger partial charge in [-0.15, -0.1) is 0 Å². The molecule has 0 unspecified atom stereocenters. The number of anilines is 1. The molecule has 3 aromatic rings. The molecule has 2 aromatic carbocycles. The zero-order chi connectivity index (χ0) is 23.0. The van der Waals surface area contributed by atoms with Crippen molar-refractivity contribution in [3.05, 3.63) is 82.5 Å². The molecule has 1 aromatic heterocycles. The monoisotopic (exact) mass is 475 g/mol. The first-order valence-electron chi connectivity index (χ1n) is 9.03. The Morgan fingerprint density at radius 3 is 2.56 bits per heavy atom. The van der Waals surface area contributed by atoms with E-state index in [0.29, 0.717) is 11.3 Å². The largest absolute Gasteiger partial charge is 0.478 e. The standard InChI is InChI=1S/C22H12F3NO4S2/c23-22(24,25)12-4-3-5-13(10-12)26-19(27)18(32-21(26)31)11-14-8-9-17(30-14)15-6-1-2-7-16(15)20(28)29/h1-11H,(H,28,29)/b18-11+. The molecule has 0 atom stereocenters. The Hall–Kier alpha value is -3.37. The van der Waals surface area contributed by atoms with Crippen molar-refractivity contribution in [2.45, 2.75) is 6.18 Å². The number of alkyl halides is 3. The number of nitrogens with zero attached hydrogens (tertiary/aromatic N) is 1. The Morgan fingerprint density at radius 2 is 1.84 bits per heavy atom. The number of carboxylic acid groups (broad SMARTS) is 1. The molecule has 10 heteroatoms. The second-order valence-electron chi connectivity index (χ2n) is 6.62. The number of hydrogen-bond acceptors (Lipinski definition) is 5. The third kappa shape index (κ3) is 4.19. The van der Waals surface area contributed by atoms with E-state index in [9.17, 15) is 27.9 Å². The second-order valence-corrected chi connectivity index (χ2v) is 8.29. The minimum Gasteiger partial charge on any atom is -0.478 e. The lowest BCUT2D eigenvalue weighted by Crippen LogP contribution is -2.27. The van der Waals surface area contributed by atoms with E-state index in [0.717, 1.165) is 28.8 Å². The summed E-state index contributed by atoms with van der Waals surface area (Å²) < 4.78 is 44.9. The van der Waals surface area contributed by atoms with Gasteiger partial charge in [0.05, 0.1) is 21.7 Å². The molecular weight excluding hydrogens is 463 g/mol. The van der Waals surface area contributed by atoms with Gasteiger partial charge in [0.2, 0.25) is 0 Å². The molecule has 1 fully saturated rings. The van der Waals surface area contributed by atoms with Crippen molar-refractivity contribution in [3.8, 4) is 11.3 Å². The molecule has 1 N–H and O–H groups in total. The number of thiocarbonyl (C=S) groups is 1. The van der Waals surface area contributed by atoms with E-state index in [4.69, 9.17) is 16.6 Å². The number of carboxylic acids is 1.